The summed E-state index contributed by atoms with van der Waals surface area (Å²) in [6.45, 7) is 3.40. The third kappa shape index (κ3) is 6.38. The average molecular weight is 474 g/mol. The fraction of sp³-hybridized carbons (Fsp3) is 0.409. The molecule has 33 heavy (non-hydrogen) atoms. The van der Waals surface area contributed by atoms with Crippen LogP contribution in [-0.4, -0.2) is 54.3 Å². The van der Waals surface area contributed by atoms with Gasteiger partial charge in [-0.1, -0.05) is 47.2 Å². The molecule has 0 bridgehead atoms. The lowest BCUT2D eigenvalue weighted by molar-refractivity contribution is -0.201. The van der Waals surface area contributed by atoms with Crippen molar-refractivity contribution in [2.45, 2.75) is 55.5 Å². The molecule has 0 aliphatic carbocycles. The van der Waals surface area contributed by atoms with Gasteiger partial charge in [0.25, 0.3) is 0 Å². The second-order valence-corrected chi connectivity index (χ2v) is 8.49. The van der Waals surface area contributed by atoms with Crippen LogP contribution in [0.15, 0.2) is 52.5 Å². The van der Waals surface area contributed by atoms with Crippen LogP contribution in [0, 0.1) is 0 Å². The molecular weight excluding hydrogens is 450 g/mol. The summed E-state index contributed by atoms with van der Waals surface area (Å²) < 4.78 is 22.0. The largest absolute Gasteiger partial charge is 0.463 e. The van der Waals surface area contributed by atoms with Gasteiger partial charge in [0.15, 0.2) is 0 Å². The number of fused-ring (bicyclic) bond motifs is 1. The van der Waals surface area contributed by atoms with E-state index in [1.54, 1.807) is 0 Å². The first-order valence-electron chi connectivity index (χ1n) is 10.1. The monoisotopic (exact) mass is 473 g/mol. The molecule has 174 valence electrons. The van der Waals surface area contributed by atoms with Gasteiger partial charge in [0, 0.05) is 30.6 Å². The maximum atomic E-state index is 11.9. The first-order valence-corrected chi connectivity index (χ1v) is 11.0. The van der Waals surface area contributed by atoms with Crippen molar-refractivity contribution < 1.29 is 33.3 Å². The Kier molecular flexibility index (Phi) is 8.16. The van der Waals surface area contributed by atoms with E-state index in [1.807, 2.05) is 42.5 Å². The average Bonchev–Trinajstić information content (AvgIpc) is 2.75. The number of ether oxygens (including phenoxy) is 4. The minimum Gasteiger partial charge on any atom is -0.463 e. The van der Waals surface area contributed by atoms with Crippen molar-refractivity contribution in [1.82, 2.24) is 0 Å². The molecule has 3 rings (SSSR count). The molecule has 5 atom stereocenters. The molecule has 0 N–H and O–H groups in total. The number of carbonyl (C=O) groups is 3. The van der Waals surface area contributed by atoms with Crippen LogP contribution >= 0.6 is 11.8 Å². The van der Waals surface area contributed by atoms with Crippen LogP contribution in [0.4, 0.5) is 0 Å². The Balaban J connectivity index is 1.98. The van der Waals surface area contributed by atoms with Crippen LogP contribution in [0.2, 0.25) is 0 Å². The number of benzene rings is 2. The van der Waals surface area contributed by atoms with E-state index in [4.69, 9.17) is 24.5 Å². The normalized spacial score (nSPS) is 24.4. The van der Waals surface area contributed by atoms with E-state index in [-0.39, 0.29) is 6.61 Å². The Labute approximate surface area is 194 Å². The molecule has 2 aromatic carbocycles. The van der Waals surface area contributed by atoms with E-state index in [0.29, 0.717) is 0 Å². The zero-order valence-corrected chi connectivity index (χ0v) is 19.1. The van der Waals surface area contributed by atoms with Crippen LogP contribution in [0.1, 0.15) is 20.8 Å². The number of esters is 3. The van der Waals surface area contributed by atoms with Gasteiger partial charge in [0.1, 0.15) is 36.4 Å². The second kappa shape index (κ2) is 11.0. The Bertz CT molecular complexity index is 1090. The summed E-state index contributed by atoms with van der Waals surface area (Å²) in [5, 5.41) is 5.82. The fourth-order valence-electron chi connectivity index (χ4n) is 3.54. The Morgan fingerprint density at radius 3 is 2.30 bits per heavy atom. The lowest BCUT2D eigenvalue weighted by Gasteiger charge is -2.43. The topological polar surface area (TPSA) is 137 Å². The molecule has 0 aromatic heterocycles. The smallest absolute Gasteiger partial charge is 0.303 e. The molecule has 0 saturated carbocycles. The summed E-state index contributed by atoms with van der Waals surface area (Å²) in [4.78, 5) is 38.7. The SMILES string of the molecule is CC(=O)OCC1O[C@H](Sc2ccc3ccccc3c2)C(OC(C)=O)[C@@H](N=[N+]=[N-])[C@H]1OC(C)=O. The van der Waals surface area contributed by atoms with E-state index in [0.717, 1.165) is 15.7 Å². The standard InChI is InChI=1S/C22H23N3O7S/c1-12(26)29-11-18-20(30-13(2)27)19(24-25-23)21(31-14(3)28)22(32-18)33-17-9-8-15-6-4-5-7-16(15)10-17/h4-10,18-22H,11H2,1-3H3/t18?,19-,20-,21?,22+/m0/s1. The van der Waals surface area contributed by atoms with E-state index < -0.39 is 47.7 Å². The van der Waals surface area contributed by atoms with Crippen molar-refractivity contribution in [2.24, 2.45) is 5.11 Å². The molecule has 10 nitrogen and oxygen atoms in total. The van der Waals surface area contributed by atoms with Crippen LogP contribution in [0.25, 0.3) is 21.2 Å². The molecule has 11 heteroatoms. The maximum absolute atomic E-state index is 11.9. The first kappa shape index (κ1) is 24.4. The zero-order chi connectivity index (χ0) is 24.0. The molecule has 1 saturated heterocycles. The molecule has 1 heterocycles. The second-order valence-electron chi connectivity index (χ2n) is 7.32. The Morgan fingerprint density at radius 1 is 1.00 bits per heavy atom. The quantitative estimate of drug-likeness (QED) is 0.195. The predicted molar refractivity (Wildman–Crippen MR) is 119 cm³/mol. The van der Waals surface area contributed by atoms with Crippen LogP contribution in [0.3, 0.4) is 0 Å². The molecule has 0 amide bonds. The maximum Gasteiger partial charge on any atom is 0.303 e. The first-order chi connectivity index (χ1) is 15.8. The van der Waals surface area contributed by atoms with E-state index >= 15 is 0 Å². The summed E-state index contributed by atoms with van der Waals surface area (Å²) in [7, 11) is 0. The van der Waals surface area contributed by atoms with Gasteiger partial charge < -0.3 is 18.9 Å². The molecule has 1 aliphatic rings. The summed E-state index contributed by atoms with van der Waals surface area (Å²) >= 11 is 1.25. The molecule has 0 spiro atoms. The van der Waals surface area contributed by atoms with Crippen LogP contribution < -0.4 is 0 Å². The number of rotatable bonds is 7. The van der Waals surface area contributed by atoms with Gasteiger partial charge in [-0.2, -0.15) is 0 Å². The van der Waals surface area contributed by atoms with Crippen molar-refractivity contribution in [3.63, 3.8) is 0 Å². The highest BCUT2D eigenvalue weighted by atomic mass is 32.2. The number of nitrogens with zero attached hydrogens (tertiary/aromatic N) is 3. The number of thioether (sulfide) groups is 1. The van der Waals surface area contributed by atoms with E-state index in [9.17, 15) is 14.4 Å². The molecule has 1 fully saturated rings. The summed E-state index contributed by atoms with van der Waals surface area (Å²) in [6, 6.07) is 12.5. The van der Waals surface area contributed by atoms with Gasteiger partial charge in [-0.05, 0) is 28.4 Å². The van der Waals surface area contributed by atoms with Gasteiger partial charge >= 0.3 is 17.9 Å². The Morgan fingerprint density at radius 2 is 1.67 bits per heavy atom. The molecule has 2 aromatic rings. The summed E-state index contributed by atoms with van der Waals surface area (Å²) in [6.07, 6.45) is -3.14. The number of carbonyl (C=O) groups excluding carboxylic acids is 3. The number of hydrogen-bond donors (Lipinski definition) is 0. The molecule has 1 aliphatic heterocycles. The van der Waals surface area contributed by atoms with Crippen molar-refractivity contribution in [3.05, 3.63) is 52.9 Å². The Hall–Kier alpha value is -3.27. The highest BCUT2D eigenvalue weighted by Gasteiger charge is 2.50. The zero-order valence-electron chi connectivity index (χ0n) is 18.2. The fourth-order valence-corrected chi connectivity index (χ4v) is 4.70. The highest BCUT2D eigenvalue weighted by Crippen LogP contribution is 2.38. The number of hydrogen-bond acceptors (Lipinski definition) is 9. The lowest BCUT2D eigenvalue weighted by Crippen LogP contribution is -2.59. The van der Waals surface area contributed by atoms with Gasteiger partial charge in [0.05, 0.1) is 0 Å². The predicted octanol–water partition coefficient (Wildman–Crippen LogP) is 3.76. The molecular formula is C22H23N3O7S. The highest BCUT2D eigenvalue weighted by molar-refractivity contribution is 7.99. The molecule has 0 radical (unpaired) electrons. The minimum atomic E-state index is -1.13. The van der Waals surface area contributed by atoms with Crippen molar-refractivity contribution >= 4 is 40.4 Å². The number of azide groups is 1. The summed E-state index contributed by atoms with van der Waals surface area (Å²) in [5.74, 6) is -1.83. The van der Waals surface area contributed by atoms with E-state index in [2.05, 4.69) is 10.0 Å². The van der Waals surface area contributed by atoms with Crippen LogP contribution in [0.5, 0.6) is 0 Å². The van der Waals surface area contributed by atoms with Gasteiger partial charge in [-0.25, -0.2) is 0 Å². The third-order valence-corrected chi connectivity index (χ3v) is 5.97. The van der Waals surface area contributed by atoms with Gasteiger partial charge in [-0.15, -0.1) is 0 Å². The molecule has 2 unspecified atom stereocenters. The summed E-state index contributed by atoms with van der Waals surface area (Å²) in [5.41, 5.74) is 8.33. The third-order valence-electron chi connectivity index (χ3n) is 4.83. The van der Waals surface area contributed by atoms with Crippen molar-refractivity contribution in [3.8, 4) is 0 Å². The lowest BCUT2D eigenvalue weighted by atomic mass is 9.97. The van der Waals surface area contributed by atoms with Crippen LogP contribution in [-0.2, 0) is 33.3 Å². The van der Waals surface area contributed by atoms with E-state index in [1.165, 1.54) is 32.5 Å². The van der Waals surface area contributed by atoms with Gasteiger partial charge in [0.2, 0.25) is 0 Å². The minimum absolute atomic E-state index is 0.244. The van der Waals surface area contributed by atoms with Gasteiger partial charge in [-0.3, -0.25) is 14.4 Å². The van der Waals surface area contributed by atoms with Crippen molar-refractivity contribution in [1.29, 1.82) is 0 Å². The van der Waals surface area contributed by atoms with Crippen molar-refractivity contribution in [2.75, 3.05) is 6.61 Å².